The van der Waals surface area contributed by atoms with Gasteiger partial charge in [0.15, 0.2) is 0 Å². The van der Waals surface area contributed by atoms with Crippen LogP contribution in [0.4, 0.5) is 0 Å². The highest BCUT2D eigenvalue weighted by atomic mass is 32.2. The summed E-state index contributed by atoms with van der Waals surface area (Å²) in [6, 6.07) is 0. The first-order chi connectivity index (χ1) is 10.5. The van der Waals surface area contributed by atoms with E-state index in [0.717, 1.165) is 38.5 Å². The van der Waals surface area contributed by atoms with Crippen LogP contribution in [0.5, 0.6) is 0 Å². The first kappa shape index (κ1) is 17.0. The minimum atomic E-state index is -0.0153. The molecule has 0 saturated heterocycles. The minimum absolute atomic E-state index is 0.0153. The van der Waals surface area contributed by atoms with Crippen LogP contribution in [-0.4, -0.2) is 33.2 Å². The number of nitrogens with zero attached hydrogens (tertiary/aromatic N) is 2. The molecule has 1 amide bonds. The van der Waals surface area contributed by atoms with Gasteiger partial charge in [0, 0.05) is 29.7 Å². The number of rotatable bonds is 7. The lowest BCUT2D eigenvalue weighted by Crippen LogP contribution is -2.25. The summed E-state index contributed by atoms with van der Waals surface area (Å²) in [6.07, 6.45) is 1.71. The second-order valence-corrected chi connectivity index (χ2v) is 7.54. The molecule has 0 saturated carbocycles. The Balaban J connectivity index is 1.75. The van der Waals surface area contributed by atoms with Gasteiger partial charge >= 0.3 is 0 Å². The van der Waals surface area contributed by atoms with Crippen molar-refractivity contribution in [3.05, 3.63) is 33.3 Å². The number of carbonyl (C=O) groups is 1. The Labute approximate surface area is 139 Å². The fourth-order valence-corrected chi connectivity index (χ4v) is 3.75. The highest BCUT2D eigenvalue weighted by Crippen LogP contribution is 2.24. The molecule has 120 valence electrons. The summed E-state index contributed by atoms with van der Waals surface area (Å²) in [5.74, 6) is 2.08. The molecule has 0 aliphatic heterocycles. The van der Waals surface area contributed by atoms with Crippen LogP contribution in [0.25, 0.3) is 0 Å². The zero-order valence-electron chi connectivity index (χ0n) is 13.4. The van der Waals surface area contributed by atoms with Crippen molar-refractivity contribution in [3.8, 4) is 0 Å². The number of thioether (sulfide) groups is 1. The standard InChI is InChI=1S/C15H22N4OS2/c1-9(2)15-19-11(4)13(22-15)14(20)16-5-6-21-7-12-10(3)17-8-18-12/h8-9H,5-7H2,1-4H3,(H,16,20)(H,17,18). The highest BCUT2D eigenvalue weighted by molar-refractivity contribution is 7.98. The van der Waals surface area contributed by atoms with Crippen LogP contribution in [0.2, 0.25) is 0 Å². The number of imidazole rings is 1. The zero-order chi connectivity index (χ0) is 16.1. The van der Waals surface area contributed by atoms with E-state index in [1.807, 2.05) is 13.8 Å². The summed E-state index contributed by atoms with van der Waals surface area (Å²) in [4.78, 5) is 24.7. The van der Waals surface area contributed by atoms with Crippen molar-refractivity contribution in [2.24, 2.45) is 0 Å². The minimum Gasteiger partial charge on any atom is -0.350 e. The Kier molecular flexibility index (Phi) is 6.02. The third-order valence-corrected chi connectivity index (χ3v) is 5.65. The van der Waals surface area contributed by atoms with Crippen LogP contribution in [-0.2, 0) is 5.75 Å². The summed E-state index contributed by atoms with van der Waals surface area (Å²) in [6.45, 7) is 8.75. The molecule has 2 N–H and O–H groups in total. The molecule has 0 atom stereocenters. The smallest absolute Gasteiger partial charge is 0.263 e. The number of carbonyl (C=O) groups excluding carboxylic acids is 1. The van der Waals surface area contributed by atoms with E-state index in [4.69, 9.17) is 0 Å². The lowest BCUT2D eigenvalue weighted by molar-refractivity contribution is 0.0959. The first-order valence-electron chi connectivity index (χ1n) is 7.31. The molecule has 0 radical (unpaired) electrons. The summed E-state index contributed by atoms with van der Waals surface area (Å²) in [5, 5.41) is 3.99. The summed E-state index contributed by atoms with van der Waals surface area (Å²) in [7, 11) is 0. The monoisotopic (exact) mass is 338 g/mol. The van der Waals surface area contributed by atoms with Crippen molar-refractivity contribution in [1.82, 2.24) is 20.3 Å². The van der Waals surface area contributed by atoms with Gasteiger partial charge in [-0.25, -0.2) is 9.97 Å². The maximum Gasteiger partial charge on any atom is 0.263 e. The molecule has 2 rings (SSSR count). The Morgan fingerprint density at radius 2 is 2.23 bits per heavy atom. The average molecular weight is 339 g/mol. The van der Waals surface area contributed by atoms with Gasteiger partial charge < -0.3 is 10.3 Å². The number of aromatic amines is 1. The third kappa shape index (κ3) is 4.33. The summed E-state index contributed by atoms with van der Waals surface area (Å²) < 4.78 is 0. The maximum absolute atomic E-state index is 12.2. The van der Waals surface area contributed by atoms with Gasteiger partial charge in [-0.15, -0.1) is 11.3 Å². The van der Waals surface area contributed by atoms with E-state index in [2.05, 4.69) is 34.1 Å². The Bertz CT molecular complexity index is 633. The van der Waals surface area contributed by atoms with E-state index >= 15 is 0 Å². The molecule has 5 nitrogen and oxygen atoms in total. The van der Waals surface area contributed by atoms with Gasteiger partial charge in [0.05, 0.1) is 22.7 Å². The highest BCUT2D eigenvalue weighted by Gasteiger charge is 2.16. The second kappa shape index (κ2) is 7.78. The summed E-state index contributed by atoms with van der Waals surface area (Å²) >= 11 is 3.26. The second-order valence-electron chi connectivity index (χ2n) is 5.40. The van der Waals surface area contributed by atoms with E-state index in [1.165, 1.54) is 11.3 Å². The Hall–Kier alpha value is -1.34. The largest absolute Gasteiger partial charge is 0.350 e. The number of thiazole rings is 1. The maximum atomic E-state index is 12.2. The first-order valence-corrected chi connectivity index (χ1v) is 9.28. The van der Waals surface area contributed by atoms with Gasteiger partial charge in [-0.3, -0.25) is 4.79 Å². The van der Waals surface area contributed by atoms with Gasteiger partial charge in [0.25, 0.3) is 5.91 Å². The number of aromatic nitrogens is 3. The van der Waals surface area contributed by atoms with Crippen LogP contribution in [0, 0.1) is 13.8 Å². The Morgan fingerprint density at radius 3 is 2.82 bits per heavy atom. The number of hydrogen-bond donors (Lipinski definition) is 2. The number of aryl methyl sites for hydroxylation is 2. The lowest BCUT2D eigenvalue weighted by Gasteiger charge is -2.04. The molecule has 22 heavy (non-hydrogen) atoms. The van der Waals surface area contributed by atoms with E-state index in [-0.39, 0.29) is 5.91 Å². The number of hydrogen-bond acceptors (Lipinski definition) is 5. The zero-order valence-corrected chi connectivity index (χ0v) is 15.0. The van der Waals surface area contributed by atoms with Gasteiger partial charge in [-0.2, -0.15) is 11.8 Å². The molecule has 2 heterocycles. The topological polar surface area (TPSA) is 70.7 Å². The number of nitrogens with one attached hydrogen (secondary N) is 2. The Morgan fingerprint density at radius 1 is 1.45 bits per heavy atom. The fraction of sp³-hybridized carbons (Fsp3) is 0.533. The van der Waals surface area contributed by atoms with Crippen molar-refractivity contribution in [3.63, 3.8) is 0 Å². The predicted molar refractivity (Wildman–Crippen MR) is 92.8 cm³/mol. The SMILES string of the molecule is Cc1nc(C(C)C)sc1C(=O)NCCSCc1nc[nH]c1C. The van der Waals surface area contributed by atoms with Crippen LogP contribution in [0.1, 0.15) is 51.5 Å². The van der Waals surface area contributed by atoms with E-state index in [9.17, 15) is 4.79 Å². The average Bonchev–Trinajstić information content (AvgIpc) is 3.05. The van der Waals surface area contributed by atoms with Crippen LogP contribution < -0.4 is 5.32 Å². The molecule has 0 aliphatic carbocycles. The molecular weight excluding hydrogens is 316 g/mol. The molecule has 0 spiro atoms. The quantitative estimate of drug-likeness (QED) is 0.760. The molecule has 0 fully saturated rings. The van der Waals surface area contributed by atoms with Crippen molar-refractivity contribution in [2.75, 3.05) is 12.3 Å². The molecule has 0 bridgehead atoms. The van der Waals surface area contributed by atoms with Crippen LogP contribution in [0.15, 0.2) is 6.33 Å². The van der Waals surface area contributed by atoms with Crippen molar-refractivity contribution in [1.29, 1.82) is 0 Å². The molecule has 7 heteroatoms. The number of amides is 1. The number of H-pyrrole nitrogens is 1. The predicted octanol–water partition coefficient (Wildman–Crippen LogP) is 3.27. The fourth-order valence-electron chi connectivity index (χ4n) is 1.89. The van der Waals surface area contributed by atoms with Gasteiger partial charge in [0.1, 0.15) is 4.88 Å². The lowest BCUT2D eigenvalue weighted by atomic mass is 10.2. The van der Waals surface area contributed by atoms with Crippen molar-refractivity contribution < 1.29 is 4.79 Å². The third-order valence-electron chi connectivity index (χ3n) is 3.22. The normalized spacial score (nSPS) is 11.1. The van der Waals surface area contributed by atoms with Gasteiger partial charge in [-0.05, 0) is 13.8 Å². The molecule has 0 unspecified atom stereocenters. The van der Waals surface area contributed by atoms with E-state index in [1.54, 1.807) is 18.1 Å². The molecule has 0 aromatic carbocycles. The molecule has 2 aromatic rings. The molecular formula is C15H22N4OS2. The van der Waals surface area contributed by atoms with E-state index < -0.39 is 0 Å². The molecule has 2 aromatic heterocycles. The molecule has 0 aliphatic rings. The van der Waals surface area contributed by atoms with Gasteiger partial charge in [-0.1, -0.05) is 13.8 Å². The van der Waals surface area contributed by atoms with Crippen LogP contribution >= 0.6 is 23.1 Å². The van der Waals surface area contributed by atoms with E-state index in [0.29, 0.717) is 12.5 Å². The van der Waals surface area contributed by atoms with Crippen LogP contribution in [0.3, 0.4) is 0 Å². The summed E-state index contributed by atoms with van der Waals surface area (Å²) in [5.41, 5.74) is 3.01. The van der Waals surface area contributed by atoms with Crippen molar-refractivity contribution >= 4 is 29.0 Å². The van der Waals surface area contributed by atoms with Crippen molar-refractivity contribution in [2.45, 2.75) is 39.4 Å². The van der Waals surface area contributed by atoms with Gasteiger partial charge in [0.2, 0.25) is 0 Å².